The summed E-state index contributed by atoms with van der Waals surface area (Å²) in [6.07, 6.45) is 1.83. The molecule has 0 atom stereocenters. The third-order valence-electron chi connectivity index (χ3n) is 6.10. The molecule has 34 heavy (non-hydrogen) atoms. The van der Waals surface area contributed by atoms with Crippen molar-refractivity contribution in [3.63, 3.8) is 0 Å². The van der Waals surface area contributed by atoms with Crippen LogP contribution in [0.1, 0.15) is 49.3 Å². The van der Waals surface area contributed by atoms with E-state index in [1.807, 2.05) is 0 Å². The molecule has 0 spiro atoms. The number of carbonyl (C=O) groups excluding carboxylic acids is 1. The van der Waals surface area contributed by atoms with Crippen LogP contribution in [0.4, 0.5) is 8.78 Å². The second-order valence-corrected chi connectivity index (χ2v) is 10.8. The number of methoxy groups -OCH3 is 1. The number of sulfone groups is 1. The van der Waals surface area contributed by atoms with Gasteiger partial charge in [0.1, 0.15) is 10.6 Å². The zero-order valence-corrected chi connectivity index (χ0v) is 20.0. The molecule has 2 N–H and O–H groups in total. The largest absolute Gasteiger partial charge is 0.495 e. The Morgan fingerprint density at radius 2 is 1.79 bits per heavy atom. The molecule has 1 saturated carbocycles. The summed E-state index contributed by atoms with van der Waals surface area (Å²) in [5.41, 5.74) is 0.447. The first kappa shape index (κ1) is 26.0. The van der Waals surface area contributed by atoms with Crippen LogP contribution in [0.2, 0.25) is 0 Å². The Balaban J connectivity index is 1.76. The number of ketones is 1. The molecule has 0 radical (unpaired) electrons. The molecule has 0 bridgehead atoms. The van der Waals surface area contributed by atoms with Crippen LogP contribution in [0.3, 0.4) is 0 Å². The Labute approximate surface area is 198 Å². The smallest absolute Gasteiger partial charge is 0.270 e. The molecule has 6 nitrogen and oxygen atoms in total. The van der Waals surface area contributed by atoms with Gasteiger partial charge in [-0.3, -0.25) is 4.79 Å². The molecule has 2 aromatic rings. The van der Waals surface area contributed by atoms with Gasteiger partial charge in [-0.15, -0.1) is 0 Å². The van der Waals surface area contributed by atoms with Gasteiger partial charge in [-0.1, -0.05) is 24.3 Å². The quantitative estimate of drug-likeness (QED) is 0.502. The van der Waals surface area contributed by atoms with E-state index in [1.54, 1.807) is 0 Å². The lowest BCUT2D eigenvalue weighted by molar-refractivity contribution is -0.118. The van der Waals surface area contributed by atoms with Gasteiger partial charge in [0.25, 0.3) is 5.92 Å². The molecule has 184 valence electrons. The van der Waals surface area contributed by atoms with Gasteiger partial charge in [-0.25, -0.2) is 17.2 Å². The minimum Gasteiger partial charge on any atom is -0.495 e. The van der Waals surface area contributed by atoms with E-state index in [9.17, 15) is 27.1 Å². The number of hydrogen-bond donors (Lipinski definition) is 2. The average Bonchev–Trinajstić information content (AvgIpc) is 2.78. The summed E-state index contributed by atoms with van der Waals surface area (Å²) in [5.74, 6) is -4.03. The van der Waals surface area contributed by atoms with Gasteiger partial charge in [0, 0.05) is 24.8 Å². The SMILES string of the molecule is COc1cc(CC(=N)C(=O)C2CCC(O)CC2)ccc1S(=O)(=O)Cc1cccc(C(C)(F)F)c1. The minimum absolute atomic E-state index is 0.0300. The lowest BCUT2D eigenvalue weighted by Gasteiger charge is -2.24. The highest BCUT2D eigenvalue weighted by Gasteiger charge is 2.29. The first-order valence-corrected chi connectivity index (χ1v) is 12.7. The molecule has 0 heterocycles. The number of nitrogens with one attached hydrogen (secondary N) is 1. The molecule has 0 unspecified atom stereocenters. The highest BCUT2D eigenvalue weighted by atomic mass is 32.2. The number of hydrogen-bond acceptors (Lipinski definition) is 6. The van der Waals surface area contributed by atoms with Crippen molar-refractivity contribution in [2.75, 3.05) is 7.11 Å². The molecule has 0 amide bonds. The highest BCUT2D eigenvalue weighted by Crippen LogP contribution is 2.31. The predicted octanol–water partition coefficient (Wildman–Crippen LogP) is 4.46. The van der Waals surface area contributed by atoms with Crippen LogP contribution in [-0.2, 0) is 32.7 Å². The summed E-state index contributed by atoms with van der Waals surface area (Å²) in [6.45, 7) is 0.752. The van der Waals surface area contributed by atoms with E-state index < -0.39 is 27.6 Å². The van der Waals surface area contributed by atoms with Crippen LogP contribution in [0, 0.1) is 11.3 Å². The van der Waals surface area contributed by atoms with Crippen molar-refractivity contribution in [2.45, 2.75) is 61.7 Å². The maximum absolute atomic E-state index is 13.6. The molecule has 1 aliphatic carbocycles. The number of halogens is 2. The summed E-state index contributed by atoms with van der Waals surface area (Å²) < 4.78 is 58.6. The van der Waals surface area contributed by atoms with Gasteiger partial charge in [0.15, 0.2) is 15.6 Å². The highest BCUT2D eigenvalue weighted by molar-refractivity contribution is 7.90. The molecular weight excluding hydrogens is 464 g/mol. The third kappa shape index (κ3) is 6.27. The van der Waals surface area contributed by atoms with Gasteiger partial charge < -0.3 is 15.3 Å². The molecular formula is C25H29F2NO5S. The average molecular weight is 494 g/mol. The van der Waals surface area contributed by atoms with Gasteiger partial charge in [0.05, 0.1) is 24.7 Å². The molecule has 1 aliphatic rings. The summed E-state index contributed by atoms with van der Waals surface area (Å²) >= 11 is 0. The number of Topliss-reactive ketones (excluding diaryl/α,β-unsaturated/α-hetero) is 1. The fourth-order valence-electron chi connectivity index (χ4n) is 4.19. The van der Waals surface area contributed by atoms with Crippen molar-refractivity contribution < 1.29 is 31.8 Å². The number of aliphatic hydroxyl groups is 1. The van der Waals surface area contributed by atoms with Crippen LogP contribution in [0.25, 0.3) is 0 Å². The number of ether oxygens (including phenoxy) is 1. The maximum Gasteiger partial charge on any atom is 0.270 e. The Morgan fingerprint density at radius 1 is 1.12 bits per heavy atom. The predicted molar refractivity (Wildman–Crippen MR) is 124 cm³/mol. The standard InChI is InChI=1S/C25H29F2NO5S/c1-25(26,27)19-5-3-4-17(12-19)15-34(31,32)23-11-6-16(14-22(23)33-2)13-21(28)24(30)18-7-9-20(29)10-8-18/h3-6,11-12,14,18,20,28-29H,7-10,13,15H2,1-2H3. The lowest BCUT2D eigenvalue weighted by Crippen LogP contribution is -2.29. The van der Waals surface area contributed by atoms with E-state index in [0.717, 1.165) is 6.92 Å². The molecule has 0 saturated heterocycles. The Kier molecular flexibility index (Phi) is 7.88. The summed E-state index contributed by atoms with van der Waals surface area (Å²) in [4.78, 5) is 12.5. The second-order valence-electron chi connectivity index (χ2n) is 8.86. The van der Waals surface area contributed by atoms with Gasteiger partial charge >= 0.3 is 0 Å². The molecule has 9 heteroatoms. The first-order valence-electron chi connectivity index (χ1n) is 11.1. The fourth-order valence-corrected chi connectivity index (χ4v) is 5.68. The molecule has 0 aliphatic heterocycles. The zero-order chi connectivity index (χ0) is 25.1. The topological polar surface area (TPSA) is 105 Å². The van der Waals surface area contributed by atoms with E-state index in [4.69, 9.17) is 10.1 Å². The Hall–Kier alpha value is -2.65. The minimum atomic E-state index is -3.92. The third-order valence-corrected chi connectivity index (χ3v) is 7.82. The molecule has 2 aromatic carbocycles. The van der Waals surface area contributed by atoms with E-state index in [1.165, 1.54) is 49.6 Å². The van der Waals surface area contributed by atoms with Gasteiger partial charge in [0.2, 0.25) is 0 Å². The van der Waals surface area contributed by atoms with E-state index in [0.29, 0.717) is 31.2 Å². The van der Waals surface area contributed by atoms with Crippen molar-refractivity contribution >= 4 is 21.3 Å². The Bertz CT molecular complexity index is 1170. The van der Waals surface area contributed by atoms with Gasteiger partial charge in [-0.05, 0) is 55.0 Å². The summed E-state index contributed by atoms with van der Waals surface area (Å²) in [7, 11) is -2.60. The second kappa shape index (κ2) is 10.3. The van der Waals surface area contributed by atoms with Crippen molar-refractivity contribution in [2.24, 2.45) is 5.92 Å². The zero-order valence-electron chi connectivity index (χ0n) is 19.2. The van der Waals surface area contributed by atoms with Crippen LogP contribution >= 0.6 is 0 Å². The van der Waals surface area contributed by atoms with E-state index in [2.05, 4.69) is 0 Å². The lowest BCUT2D eigenvalue weighted by atomic mass is 9.82. The number of alkyl halides is 2. The first-order chi connectivity index (χ1) is 15.9. The maximum atomic E-state index is 13.6. The number of aliphatic hydroxyl groups excluding tert-OH is 1. The van der Waals surface area contributed by atoms with E-state index in [-0.39, 0.29) is 45.6 Å². The molecule has 3 rings (SSSR count). The van der Waals surface area contributed by atoms with Crippen molar-refractivity contribution in [3.8, 4) is 5.75 Å². The number of carbonyl (C=O) groups is 1. The fraction of sp³-hybridized carbons (Fsp3) is 0.440. The van der Waals surface area contributed by atoms with Gasteiger partial charge in [-0.2, -0.15) is 0 Å². The molecule has 0 aromatic heterocycles. The monoisotopic (exact) mass is 493 g/mol. The number of rotatable bonds is 9. The summed E-state index contributed by atoms with van der Waals surface area (Å²) in [6, 6.07) is 9.66. The van der Waals surface area contributed by atoms with Crippen molar-refractivity contribution in [1.82, 2.24) is 0 Å². The van der Waals surface area contributed by atoms with Crippen LogP contribution in [-0.4, -0.2) is 38.2 Å². The summed E-state index contributed by atoms with van der Waals surface area (Å²) in [5, 5.41) is 17.8. The normalized spacial score (nSPS) is 19.0. The molecule has 1 fully saturated rings. The Morgan fingerprint density at radius 3 is 2.41 bits per heavy atom. The van der Waals surface area contributed by atoms with E-state index >= 15 is 0 Å². The van der Waals surface area contributed by atoms with Crippen LogP contribution in [0.15, 0.2) is 47.4 Å². The number of benzene rings is 2. The van der Waals surface area contributed by atoms with Crippen LogP contribution < -0.4 is 4.74 Å². The van der Waals surface area contributed by atoms with Crippen LogP contribution in [0.5, 0.6) is 5.75 Å². The van der Waals surface area contributed by atoms with Crippen molar-refractivity contribution in [3.05, 3.63) is 59.2 Å². The van der Waals surface area contributed by atoms with Crippen molar-refractivity contribution in [1.29, 1.82) is 5.41 Å².